The highest BCUT2D eigenvalue weighted by atomic mass is 19.1. The van der Waals surface area contributed by atoms with Gasteiger partial charge in [0.2, 0.25) is 0 Å². The molecule has 1 saturated heterocycles. The third-order valence-corrected chi connectivity index (χ3v) is 4.11. The molecule has 0 saturated carbocycles. The first-order valence-corrected chi connectivity index (χ1v) is 8.07. The van der Waals surface area contributed by atoms with Gasteiger partial charge in [-0.25, -0.2) is 4.39 Å². The third-order valence-electron chi connectivity index (χ3n) is 4.11. The minimum Gasteiger partial charge on any atom is -0.346 e. The zero-order valence-electron chi connectivity index (χ0n) is 13.3. The van der Waals surface area contributed by atoms with Crippen LogP contribution in [0.4, 0.5) is 4.39 Å². The lowest BCUT2D eigenvalue weighted by Crippen LogP contribution is -2.20. The van der Waals surface area contributed by atoms with E-state index in [1.165, 1.54) is 17.7 Å². The van der Waals surface area contributed by atoms with Crippen molar-refractivity contribution in [2.75, 3.05) is 13.2 Å². The first-order chi connectivity index (χ1) is 11.3. The number of nitrogens with one attached hydrogen (secondary N) is 1. The van der Waals surface area contributed by atoms with Gasteiger partial charge in [-0.2, -0.15) is 0 Å². The van der Waals surface area contributed by atoms with E-state index in [2.05, 4.69) is 24.4 Å². The molecule has 1 fully saturated rings. The van der Waals surface area contributed by atoms with Crippen LogP contribution in [0.25, 0.3) is 0 Å². The van der Waals surface area contributed by atoms with Gasteiger partial charge in [-0.05, 0) is 29.7 Å². The Morgan fingerprint density at radius 2 is 1.70 bits per heavy atom. The number of ether oxygens (including phenoxy) is 2. The molecule has 1 aliphatic rings. The van der Waals surface area contributed by atoms with Crippen molar-refractivity contribution in [1.82, 2.24) is 5.32 Å². The van der Waals surface area contributed by atoms with Crippen molar-refractivity contribution in [2.24, 2.45) is 0 Å². The molecular formula is C19H22FNO2. The van der Waals surface area contributed by atoms with Gasteiger partial charge in [-0.15, -0.1) is 0 Å². The van der Waals surface area contributed by atoms with Gasteiger partial charge in [0.15, 0.2) is 6.29 Å². The maximum atomic E-state index is 13.0. The second-order valence-electron chi connectivity index (χ2n) is 5.71. The summed E-state index contributed by atoms with van der Waals surface area (Å²) >= 11 is 0. The summed E-state index contributed by atoms with van der Waals surface area (Å²) in [7, 11) is 0. The maximum Gasteiger partial charge on any atom is 0.184 e. The topological polar surface area (TPSA) is 30.5 Å². The van der Waals surface area contributed by atoms with Crippen molar-refractivity contribution >= 4 is 0 Å². The number of hydrogen-bond donors (Lipinski definition) is 1. The van der Waals surface area contributed by atoms with Crippen LogP contribution in [-0.4, -0.2) is 13.2 Å². The second kappa shape index (κ2) is 7.68. The Morgan fingerprint density at radius 1 is 1.04 bits per heavy atom. The Hall–Kier alpha value is -1.75. The molecule has 1 heterocycles. The van der Waals surface area contributed by atoms with Crippen LogP contribution in [0.3, 0.4) is 0 Å². The summed E-state index contributed by atoms with van der Waals surface area (Å²) in [6.07, 6.45) is 0.729. The molecule has 1 aliphatic heterocycles. The van der Waals surface area contributed by atoms with Gasteiger partial charge in [0.1, 0.15) is 5.82 Å². The molecule has 1 atom stereocenters. The van der Waals surface area contributed by atoms with Crippen LogP contribution in [-0.2, 0) is 16.0 Å². The van der Waals surface area contributed by atoms with Gasteiger partial charge in [-0.3, -0.25) is 0 Å². The zero-order chi connectivity index (χ0) is 16.1. The molecule has 0 amide bonds. The Kier molecular flexibility index (Phi) is 5.39. The largest absolute Gasteiger partial charge is 0.346 e. The highest BCUT2D eigenvalue weighted by molar-refractivity contribution is 5.24. The number of halogens is 1. The van der Waals surface area contributed by atoms with Crippen molar-refractivity contribution in [2.45, 2.75) is 32.2 Å². The van der Waals surface area contributed by atoms with Crippen molar-refractivity contribution < 1.29 is 13.9 Å². The average Bonchev–Trinajstić information content (AvgIpc) is 3.12. The first-order valence-electron chi connectivity index (χ1n) is 8.07. The standard InChI is InChI=1S/C19H22FNO2/c1-2-18(15-7-9-17(20)10-8-15)21-13-14-3-5-16(6-4-14)19-22-11-12-23-19/h3-10,18-19,21H,2,11-13H2,1H3/t18-/m1/s1. The maximum absolute atomic E-state index is 13.0. The summed E-state index contributed by atoms with van der Waals surface area (Å²) in [5.41, 5.74) is 3.36. The number of hydrogen-bond acceptors (Lipinski definition) is 3. The number of rotatable bonds is 6. The van der Waals surface area contributed by atoms with E-state index >= 15 is 0 Å². The van der Waals surface area contributed by atoms with Gasteiger partial charge in [-0.1, -0.05) is 43.3 Å². The van der Waals surface area contributed by atoms with Gasteiger partial charge in [0.05, 0.1) is 13.2 Å². The molecule has 4 heteroatoms. The van der Waals surface area contributed by atoms with Crippen molar-refractivity contribution in [1.29, 1.82) is 0 Å². The molecule has 3 rings (SSSR count). The van der Waals surface area contributed by atoms with Crippen molar-refractivity contribution in [3.8, 4) is 0 Å². The van der Waals surface area contributed by atoms with Gasteiger partial charge in [0.25, 0.3) is 0 Å². The van der Waals surface area contributed by atoms with Gasteiger partial charge >= 0.3 is 0 Å². The summed E-state index contributed by atoms with van der Waals surface area (Å²) < 4.78 is 24.0. The lowest BCUT2D eigenvalue weighted by atomic mass is 10.0. The lowest BCUT2D eigenvalue weighted by molar-refractivity contribution is -0.0441. The molecule has 0 radical (unpaired) electrons. The Balaban J connectivity index is 1.59. The van der Waals surface area contributed by atoms with E-state index in [1.54, 1.807) is 0 Å². The van der Waals surface area contributed by atoms with Crippen LogP contribution in [0.2, 0.25) is 0 Å². The van der Waals surface area contributed by atoms with Crippen molar-refractivity contribution in [3.05, 3.63) is 71.0 Å². The molecule has 0 spiro atoms. The average molecular weight is 315 g/mol. The predicted octanol–water partition coefficient (Wildman–Crippen LogP) is 4.11. The molecule has 2 aromatic carbocycles. The van der Waals surface area contributed by atoms with Crippen LogP contribution >= 0.6 is 0 Å². The second-order valence-corrected chi connectivity index (χ2v) is 5.71. The molecule has 0 aliphatic carbocycles. The Bertz CT molecular complexity index is 606. The Morgan fingerprint density at radius 3 is 2.30 bits per heavy atom. The minimum atomic E-state index is -0.223. The zero-order valence-corrected chi connectivity index (χ0v) is 13.3. The fourth-order valence-corrected chi connectivity index (χ4v) is 2.78. The van der Waals surface area contributed by atoms with E-state index in [9.17, 15) is 4.39 Å². The first kappa shape index (κ1) is 16.1. The lowest BCUT2D eigenvalue weighted by Gasteiger charge is -2.18. The quantitative estimate of drug-likeness (QED) is 0.870. The summed E-state index contributed by atoms with van der Waals surface area (Å²) in [6, 6.07) is 15.2. The fourth-order valence-electron chi connectivity index (χ4n) is 2.78. The summed E-state index contributed by atoms with van der Waals surface area (Å²) in [4.78, 5) is 0. The van der Waals surface area contributed by atoms with Crippen LogP contribution < -0.4 is 5.32 Å². The molecule has 2 aromatic rings. The normalized spacial score (nSPS) is 16.6. The van der Waals surface area contributed by atoms with E-state index in [-0.39, 0.29) is 18.1 Å². The number of benzene rings is 2. The van der Waals surface area contributed by atoms with E-state index < -0.39 is 0 Å². The van der Waals surface area contributed by atoms with E-state index in [0.717, 1.165) is 24.1 Å². The van der Waals surface area contributed by atoms with E-state index in [4.69, 9.17) is 9.47 Å². The molecule has 0 unspecified atom stereocenters. The molecular weight excluding hydrogens is 293 g/mol. The van der Waals surface area contributed by atoms with Crippen LogP contribution in [0.5, 0.6) is 0 Å². The highest BCUT2D eigenvalue weighted by Crippen LogP contribution is 2.23. The van der Waals surface area contributed by atoms with Crippen molar-refractivity contribution in [3.63, 3.8) is 0 Å². The summed E-state index contributed by atoms with van der Waals surface area (Å²) in [5.74, 6) is -0.199. The Labute approximate surface area is 136 Å². The molecule has 122 valence electrons. The molecule has 1 N–H and O–H groups in total. The monoisotopic (exact) mass is 315 g/mol. The fraction of sp³-hybridized carbons (Fsp3) is 0.368. The van der Waals surface area contributed by atoms with Gasteiger partial charge < -0.3 is 14.8 Å². The molecule has 3 nitrogen and oxygen atoms in total. The highest BCUT2D eigenvalue weighted by Gasteiger charge is 2.17. The third kappa shape index (κ3) is 4.16. The summed E-state index contributed by atoms with van der Waals surface area (Å²) in [6.45, 7) is 4.20. The minimum absolute atomic E-state index is 0.199. The SMILES string of the molecule is CC[C@@H](NCc1ccc(C2OCCO2)cc1)c1ccc(F)cc1. The predicted molar refractivity (Wildman–Crippen MR) is 87.4 cm³/mol. The van der Waals surface area contributed by atoms with E-state index in [0.29, 0.717) is 13.2 Å². The summed E-state index contributed by atoms with van der Waals surface area (Å²) in [5, 5.41) is 3.53. The van der Waals surface area contributed by atoms with Gasteiger partial charge in [0, 0.05) is 18.2 Å². The molecule has 23 heavy (non-hydrogen) atoms. The smallest absolute Gasteiger partial charge is 0.184 e. The molecule has 0 bridgehead atoms. The van der Waals surface area contributed by atoms with E-state index in [1.807, 2.05) is 24.3 Å². The van der Waals surface area contributed by atoms with Crippen LogP contribution in [0.1, 0.15) is 42.4 Å². The van der Waals surface area contributed by atoms with Crippen LogP contribution in [0.15, 0.2) is 48.5 Å². The van der Waals surface area contributed by atoms with Crippen LogP contribution in [0, 0.1) is 5.82 Å². The molecule has 0 aromatic heterocycles.